The Morgan fingerprint density at radius 2 is 1.93 bits per heavy atom. The van der Waals surface area contributed by atoms with Crippen molar-refractivity contribution in [2.45, 2.75) is 58.9 Å². The quantitative estimate of drug-likeness (QED) is 0.621. The van der Waals surface area contributed by atoms with E-state index < -0.39 is 5.97 Å². The Hall–Kier alpha value is -0.570. The van der Waals surface area contributed by atoms with Crippen LogP contribution in [-0.2, 0) is 4.79 Å². The van der Waals surface area contributed by atoms with Crippen LogP contribution >= 0.6 is 0 Å². The number of carbonyl (C=O) groups is 1. The molecular weight excluding hydrogens is 190 g/mol. The first kappa shape index (κ1) is 14.4. The lowest BCUT2D eigenvalue weighted by atomic mass is 9.94. The predicted octanol–water partition coefficient (Wildman–Crippen LogP) is 2.66. The predicted molar refractivity (Wildman–Crippen MR) is 63.0 cm³/mol. The van der Waals surface area contributed by atoms with E-state index in [1.165, 1.54) is 0 Å². The van der Waals surface area contributed by atoms with Gasteiger partial charge < -0.3 is 10.4 Å². The summed E-state index contributed by atoms with van der Waals surface area (Å²) in [5.41, 5.74) is 0. The zero-order chi connectivity index (χ0) is 11.7. The standard InChI is InChI=1S/C12H25NO2/c1-4-5-11(6-7-12(14)15)8-9-13-10(2)3/h10-11,13H,4-9H2,1-3H3,(H,14,15). The van der Waals surface area contributed by atoms with Gasteiger partial charge in [0.15, 0.2) is 0 Å². The molecule has 0 heterocycles. The fraction of sp³-hybridized carbons (Fsp3) is 0.917. The van der Waals surface area contributed by atoms with Crippen LogP contribution in [0.5, 0.6) is 0 Å². The summed E-state index contributed by atoms with van der Waals surface area (Å²) in [6, 6.07) is 0.520. The van der Waals surface area contributed by atoms with E-state index in [-0.39, 0.29) is 0 Å². The summed E-state index contributed by atoms with van der Waals surface area (Å²) in [6.07, 6.45) is 4.52. The number of hydrogen-bond donors (Lipinski definition) is 2. The van der Waals surface area contributed by atoms with Crippen LogP contribution in [0.4, 0.5) is 0 Å². The maximum Gasteiger partial charge on any atom is 0.303 e. The van der Waals surface area contributed by atoms with Gasteiger partial charge in [-0.15, -0.1) is 0 Å². The smallest absolute Gasteiger partial charge is 0.303 e. The Kier molecular flexibility index (Phi) is 8.38. The minimum atomic E-state index is -0.673. The maximum absolute atomic E-state index is 10.5. The van der Waals surface area contributed by atoms with Crippen molar-refractivity contribution in [1.29, 1.82) is 0 Å². The molecule has 1 atom stereocenters. The molecule has 0 aromatic heterocycles. The van der Waals surface area contributed by atoms with Gasteiger partial charge in [0.1, 0.15) is 0 Å². The summed E-state index contributed by atoms with van der Waals surface area (Å²) < 4.78 is 0. The fourth-order valence-electron chi connectivity index (χ4n) is 1.74. The summed E-state index contributed by atoms with van der Waals surface area (Å²) in [4.78, 5) is 10.5. The molecule has 0 amide bonds. The fourth-order valence-corrected chi connectivity index (χ4v) is 1.74. The number of carboxylic acid groups (broad SMARTS) is 1. The molecule has 0 aliphatic heterocycles. The molecule has 0 rings (SSSR count). The van der Waals surface area contributed by atoms with Crippen molar-refractivity contribution in [2.24, 2.45) is 5.92 Å². The van der Waals surface area contributed by atoms with E-state index in [4.69, 9.17) is 5.11 Å². The minimum absolute atomic E-state index is 0.312. The molecule has 3 heteroatoms. The van der Waals surface area contributed by atoms with Gasteiger partial charge in [-0.3, -0.25) is 4.79 Å². The van der Waals surface area contributed by atoms with Crippen molar-refractivity contribution in [3.63, 3.8) is 0 Å². The highest BCUT2D eigenvalue weighted by atomic mass is 16.4. The van der Waals surface area contributed by atoms with Gasteiger partial charge in [-0.1, -0.05) is 33.6 Å². The van der Waals surface area contributed by atoms with Crippen LogP contribution in [0.3, 0.4) is 0 Å². The Labute approximate surface area is 93.3 Å². The molecule has 0 aliphatic rings. The molecule has 0 aromatic rings. The highest BCUT2D eigenvalue weighted by Crippen LogP contribution is 2.17. The van der Waals surface area contributed by atoms with Crippen LogP contribution in [0.2, 0.25) is 0 Å². The summed E-state index contributed by atoms with van der Waals surface area (Å²) in [7, 11) is 0. The molecule has 0 radical (unpaired) electrons. The lowest BCUT2D eigenvalue weighted by Crippen LogP contribution is -2.25. The lowest BCUT2D eigenvalue weighted by Gasteiger charge is -2.16. The third-order valence-corrected chi connectivity index (χ3v) is 2.57. The maximum atomic E-state index is 10.5. The van der Waals surface area contributed by atoms with Crippen LogP contribution in [-0.4, -0.2) is 23.7 Å². The molecule has 0 aromatic carbocycles. The zero-order valence-corrected chi connectivity index (χ0v) is 10.3. The monoisotopic (exact) mass is 215 g/mol. The number of carboxylic acids is 1. The van der Waals surface area contributed by atoms with E-state index in [2.05, 4.69) is 26.1 Å². The van der Waals surface area contributed by atoms with Crippen LogP contribution in [0, 0.1) is 5.92 Å². The summed E-state index contributed by atoms with van der Waals surface area (Å²) >= 11 is 0. The highest BCUT2D eigenvalue weighted by Gasteiger charge is 2.09. The Morgan fingerprint density at radius 3 is 2.40 bits per heavy atom. The Morgan fingerprint density at radius 1 is 1.27 bits per heavy atom. The van der Waals surface area contributed by atoms with Crippen molar-refractivity contribution in [3.8, 4) is 0 Å². The first-order chi connectivity index (χ1) is 7.06. The van der Waals surface area contributed by atoms with E-state index in [0.29, 0.717) is 18.4 Å². The van der Waals surface area contributed by atoms with E-state index in [1.807, 2.05) is 0 Å². The second-order valence-electron chi connectivity index (χ2n) is 4.48. The van der Waals surface area contributed by atoms with Gasteiger partial charge in [0.05, 0.1) is 0 Å². The van der Waals surface area contributed by atoms with E-state index in [9.17, 15) is 4.79 Å². The van der Waals surface area contributed by atoms with Crippen LogP contribution in [0.1, 0.15) is 52.9 Å². The van der Waals surface area contributed by atoms with Gasteiger partial charge >= 0.3 is 5.97 Å². The molecule has 0 saturated carbocycles. The van der Waals surface area contributed by atoms with Crippen molar-refractivity contribution in [2.75, 3.05) is 6.54 Å². The zero-order valence-electron chi connectivity index (χ0n) is 10.3. The molecule has 3 nitrogen and oxygen atoms in total. The molecule has 0 aliphatic carbocycles. The van der Waals surface area contributed by atoms with E-state index >= 15 is 0 Å². The van der Waals surface area contributed by atoms with E-state index in [1.54, 1.807) is 0 Å². The molecule has 90 valence electrons. The topological polar surface area (TPSA) is 49.3 Å². The lowest BCUT2D eigenvalue weighted by molar-refractivity contribution is -0.137. The molecule has 2 N–H and O–H groups in total. The van der Waals surface area contributed by atoms with Crippen molar-refractivity contribution in [3.05, 3.63) is 0 Å². The van der Waals surface area contributed by atoms with E-state index in [0.717, 1.165) is 32.2 Å². The molecular formula is C12H25NO2. The Bertz CT molecular complexity index is 169. The van der Waals surface area contributed by atoms with Gasteiger partial charge in [0.25, 0.3) is 0 Å². The first-order valence-electron chi connectivity index (χ1n) is 6.01. The van der Waals surface area contributed by atoms with Crippen LogP contribution in [0.25, 0.3) is 0 Å². The third-order valence-electron chi connectivity index (χ3n) is 2.57. The molecule has 0 spiro atoms. The normalized spacial score (nSPS) is 13.1. The van der Waals surface area contributed by atoms with Crippen molar-refractivity contribution < 1.29 is 9.90 Å². The first-order valence-corrected chi connectivity index (χ1v) is 6.01. The third kappa shape index (κ3) is 9.73. The second kappa shape index (κ2) is 8.72. The minimum Gasteiger partial charge on any atom is -0.481 e. The summed E-state index contributed by atoms with van der Waals surface area (Å²) in [5, 5.41) is 12.0. The van der Waals surface area contributed by atoms with Gasteiger partial charge in [-0.2, -0.15) is 0 Å². The van der Waals surface area contributed by atoms with Crippen LogP contribution in [0.15, 0.2) is 0 Å². The van der Waals surface area contributed by atoms with Gasteiger partial charge in [0.2, 0.25) is 0 Å². The number of nitrogens with one attached hydrogen (secondary N) is 1. The highest BCUT2D eigenvalue weighted by molar-refractivity contribution is 5.66. The van der Waals surface area contributed by atoms with Crippen molar-refractivity contribution in [1.82, 2.24) is 5.32 Å². The molecule has 1 unspecified atom stereocenters. The number of hydrogen-bond acceptors (Lipinski definition) is 2. The second-order valence-corrected chi connectivity index (χ2v) is 4.48. The Balaban J connectivity index is 3.67. The number of aliphatic carboxylic acids is 1. The average Bonchev–Trinajstić information content (AvgIpc) is 2.13. The van der Waals surface area contributed by atoms with Gasteiger partial charge in [-0.05, 0) is 25.3 Å². The molecule has 15 heavy (non-hydrogen) atoms. The molecule has 0 bridgehead atoms. The molecule has 0 fully saturated rings. The summed E-state index contributed by atoms with van der Waals surface area (Å²) in [6.45, 7) is 7.42. The van der Waals surface area contributed by atoms with Crippen LogP contribution < -0.4 is 5.32 Å². The largest absolute Gasteiger partial charge is 0.481 e. The SMILES string of the molecule is CCCC(CCNC(C)C)CCC(=O)O. The molecule has 0 saturated heterocycles. The summed E-state index contributed by atoms with van der Waals surface area (Å²) in [5.74, 6) is -0.106. The van der Waals surface area contributed by atoms with Gasteiger partial charge in [0, 0.05) is 12.5 Å². The number of rotatable bonds is 9. The average molecular weight is 215 g/mol. The van der Waals surface area contributed by atoms with Crippen molar-refractivity contribution >= 4 is 5.97 Å². The van der Waals surface area contributed by atoms with Gasteiger partial charge in [-0.25, -0.2) is 0 Å².